The van der Waals surface area contributed by atoms with E-state index in [4.69, 9.17) is 9.79 Å². The van der Waals surface area contributed by atoms with Gasteiger partial charge in [0.15, 0.2) is 0 Å². The molecule has 0 fully saturated rings. The first-order valence-corrected chi connectivity index (χ1v) is 3.11. The van der Waals surface area contributed by atoms with Gasteiger partial charge in [-0.05, 0) is 0 Å². The standard InChI is InChI=1S/C2H3F2O3P/c3-1-2(4)8(5,6)7/h1H,(H2,5,6,7)/b2-1+. The molecule has 0 aromatic rings. The normalized spacial score (nSPS) is 14.2. The van der Waals surface area contributed by atoms with E-state index in [9.17, 15) is 13.3 Å². The molecule has 0 atom stereocenters. The van der Waals surface area contributed by atoms with Crippen LogP contribution in [0.5, 0.6) is 0 Å². The Labute approximate surface area is 43.8 Å². The third kappa shape index (κ3) is 2.16. The van der Waals surface area contributed by atoms with E-state index in [2.05, 4.69) is 0 Å². The van der Waals surface area contributed by atoms with Gasteiger partial charge in [0, 0.05) is 0 Å². The summed E-state index contributed by atoms with van der Waals surface area (Å²) in [5.74, 6) is 0. The molecule has 0 saturated carbocycles. The minimum atomic E-state index is -4.94. The molecule has 0 aliphatic heterocycles. The van der Waals surface area contributed by atoms with Gasteiger partial charge in [0.1, 0.15) is 6.33 Å². The molecule has 48 valence electrons. The summed E-state index contributed by atoms with van der Waals surface area (Å²) >= 11 is 0. The van der Waals surface area contributed by atoms with Crippen molar-refractivity contribution in [1.29, 1.82) is 0 Å². The Balaban J connectivity index is 4.27. The van der Waals surface area contributed by atoms with Crippen LogP contribution in [0.2, 0.25) is 0 Å². The average molecular weight is 144 g/mol. The highest BCUT2D eigenvalue weighted by Crippen LogP contribution is 2.45. The molecule has 0 rings (SSSR count). The SMILES string of the molecule is O=P(O)(O)/C(F)=C/F. The molecule has 0 aliphatic rings. The molecule has 6 heteroatoms. The summed E-state index contributed by atoms with van der Waals surface area (Å²) in [6.45, 7) is 0. The molecule has 0 spiro atoms. The van der Waals surface area contributed by atoms with Crippen LogP contribution >= 0.6 is 7.60 Å². The Kier molecular flexibility index (Phi) is 2.27. The molecule has 0 unspecified atom stereocenters. The van der Waals surface area contributed by atoms with Crippen molar-refractivity contribution in [1.82, 2.24) is 0 Å². The Morgan fingerprint density at radius 3 is 2.00 bits per heavy atom. The van der Waals surface area contributed by atoms with Gasteiger partial charge in [-0.3, -0.25) is 4.57 Å². The molecule has 0 amide bonds. The highest BCUT2D eigenvalue weighted by molar-refractivity contribution is 7.56. The van der Waals surface area contributed by atoms with Crippen molar-refractivity contribution >= 4 is 7.60 Å². The Morgan fingerprint density at radius 2 is 2.00 bits per heavy atom. The molecule has 0 bridgehead atoms. The molecule has 3 nitrogen and oxygen atoms in total. The first kappa shape index (κ1) is 7.75. The maximum atomic E-state index is 11.4. The largest absolute Gasteiger partial charge is 0.386 e. The van der Waals surface area contributed by atoms with Crippen LogP contribution in [-0.2, 0) is 4.57 Å². The van der Waals surface area contributed by atoms with Gasteiger partial charge < -0.3 is 9.79 Å². The summed E-state index contributed by atoms with van der Waals surface area (Å²) in [6, 6.07) is 0. The van der Waals surface area contributed by atoms with E-state index in [1.165, 1.54) is 0 Å². The first-order valence-electron chi connectivity index (χ1n) is 1.50. The van der Waals surface area contributed by atoms with Gasteiger partial charge in [0.05, 0.1) is 0 Å². The molecular weight excluding hydrogens is 141 g/mol. The van der Waals surface area contributed by atoms with Gasteiger partial charge in [-0.15, -0.1) is 0 Å². The van der Waals surface area contributed by atoms with Crippen LogP contribution in [0.3, 0.4) is 0 Å². The highest BCUT2D eigenvalue weighted by Gasteiger charge is 2.20. The molecule has 0 aromatic heterocycles. The summed E-state index contributed by atoms with van der Waals surface area (Å²) in [5.41, 5.74) is -2.04. The summed E-state index contributed by atoms with van der Waals surface area (Å²) < 4.78 is 31.8. The predicted octanol–water partition coefficient (Wildman–Crippen LogP) is 0.902. The second-order valence-electron chi connectivity index (χ2n) is 0.976. The van der Waals surface area contributed by atoms with Crippen molar-refractivity contribution in [2.75, 3.05) is 0 Å². The fourth-order valence-corrected chi connectivity index (χ4v) is 0.191. The number of hydrogen-bond acceptors (Lipinski definition) is 1. The molecule has 0 aromatic carbocycles. The van der Waals surface area contributed by atoms with Gasteiger partial charge in [-0.1, -0.05) is 0 Å². The lowest BCUT2D eigenvalue weighted by atomic mass is 11.2. The zero-order valence-electron chi connectivity index (χ0n) is 3.58. The minimum absolute atomic E-state index is 0.763. The highest BCUT2D eigenvalue weighted by atomic mass is 31.2. The predicted molar refractivity (Wildman–Crippen MR) is 22.3 cm³/mol. The molecule has 0 heterocycles. The summed E-state index contributed by atoms with van der Waals surface area (Å²) in [5, 5.41) is 0. The van der Waals surface area contributed by atoms with Crippen molar-refractivity contribution in [3.63, 3.8) is 0 Å². The molecule has 8 heavy (non-hydrogen) atoms. The second-order valence-corrected chi connectivity index (χ2v) is 2.49. The Hall–Kier alpha value is -0.250. The van der Waals surface area contributed by atoms with E-state index in [1.54, 1.807) is 0 Å². The summed E-state index contributed by atoms with van der Waals surface area (Å²) in [7, 11) is -4.94. The molecular formula is C2H3F2O3P. The van der Waals surface area contributed by atoms with Gasteiger partial charge in [-0.2, -0.15) is 4.39 Å². The van der Waals surface area contributed by atoms with Crippen molar-refractivity contribution in [3.05, 3.63) is 11.9 Å². The fourth-order valence-electron chi connectivity index (χ4n) is 0.0636. The topological polar surface area (TPSA) is 57.5 Å². The Bertz CT molecular complexity index is 147. The van der Waals surface area contributed by atoms with Crippen LogP contribution < -0.4 is 0 Å². The van der Waals surface area contributed by atoms with Gasteiger partial charge >= 0.3 is 7.60 Å². The van der Waals surface area contributed by atoms with Crippen molar-refractivity contribution in [2.24, 2.45) is 0 Å². The second kappa shape index (κ2) is 2.35. The zero-order valence-corrected chi connectivity index (χ0v) is 4.48. The summed E-state index contributed by atoms with van der Waals surface area (Å²) in [4.78, 5) is 15.4. The number of halogens is 2. The number of hydrogen-bond donors (Lipinski definition) is 2. The molecule has 0 radical (unpaired) electrons. The third-order valence-electron chi connectivity index (χ3n) is 0.368. The van der Waals surface area contributed by atoms with Gasteiger partial charge in [0.25, 0.3) is 0 Å². The van der Waals surface area contributed by atoms with E-state index in [0.717, 1.165) is 0 Å². The van der Waals surface area contributed by atoms with E-state index in [0.29, 0.717) is 0 Å². The van der Waals surface area contributed by atoms with E-state index >= 15 is 0 Å². The van der Waals surface area contributed by atoms with Crippen LogP contribution in [0.25, 0.3) is 0 Å². The van der Waals surface area contributed by atoms with Gasteiger partial charge in [-0.25, -0.2) is 4.39 Å². The maximum Gasteiger partial charge on any atom is 0.386 e. The van der Waals surface area contributed by atoms with Crippen LogP contribution in [0, 0.1) is 0 Å². The van der Waals surface area contributed by atoms with E-state index < -0.39 is 19.5 Å². The smallest absolute Gasteiger partial charge is 0.319 e. The first-order chi connectivity index (χ1) is 3.48. The Morgan fingerprint density at radius 1 is 1.62 bits per heavy atom. The van der Waals surface area contributed by atoms with Crippen molar-refractivity contribution < 1.29 is 23.1 Å². The van der Waals surface area contributed by atoms with Crippen LogP contribution in [0.15, 0.2) is 11.9 Å². The average Bonchev–Trinajstić information content (AvgIpc) is 1.62. The quantitative estimate of drug-likeness (QED) is 0.537. The van der Waals surface area contributed by atoms with Crippen molar-refractivity contribution in [3.8, 4) is 0 Å². The third-order valence-corrected chi connectivity index (χ3v) is 1.02. The molecule has 0 saturated heterocycles. The van der Waals surface area contributed by atoms with E-state index in [1.807, 2.05) is 0 Å². The summed E-state index contributed by atoms with van der Waals surface area (Å²) in [6.07, 6.45) is -0.763. The van der Waals surface area contributed by atoms with Crippen LogP contribution in [0.1, 0.15) is 0 Å². The fraction of sp³-hybridized carbons (Fsp3) is 0. The molecule has 2 N–H and O–H groups in total. The molecule has 0 aliphatic carbocycles. The minimum Gasteiger partial charge on any atom is -0.319 e. The van der Waals surface area contributed by atoms with Crippen LogP contribution in [-0.4, -0.2) is 9.79 Å². The number of rotatable bonds is 1. The lowest BCUT2D eigenvalue weighted by Crippen LogP contribution is -1.74. The van der Waals surface area contributed by atoms with Crippen LogP contribution in [0.4, 0.5) is 8.78 Å². The lowest BCUT2D eigenvalue weighted by Gasteiger charge is -1.94. The monoisotopic (exact) mass is 144 g/mol. The maximum absolute atomic E-state index is 11.4. The van der Waals surface area contributed by atoms with E-state index in [-0.39, 0.29) is 0 Å². The lowest BCUT2D eigenvalue weighted by molar-refractivity contribution is 0.366. The van der Waals surface area contributed by atoms with Crippen molar-refractivity contribution in [2.45, 2.75) is 0 Å². The van der Waals surface area contributed by atoms with Gasteiger partial charge in [0.2, 0.25) is 5.57 Å². The zero-order chi connectivity index (χ0) is 6.78.